The molecule has 0 aliphatic heterocycles. The summed E-state index contributed by atoms with van der Waals surface area (Å²) in [6, 6.07) is 6.87. The highest BCUT2D eigenvalue weighted by molar-refractivity contribution is 7.90. The van der Waals surface area contributed by atoms with Crippen LogP contribution < -0.4 is 5.73 Å². The summed E-state index contributed by atoms with van der Waals surface area (Å²) in [5.74, 6) is 1.71. The fourth-order valence-electron chi connectivity index (χ4n) is 1.30. The van der Waals surface area contributed by atoms with E-state index in [1.165, 1.54) is 0 Å². The Kier molecular flexibility index (Phi) is 4.05. The van der Waals surface area contributed by atoms with E-state index in [4.69, 9.17) is 24.4 Å². The average molecular weight is 253 g/mol. The lowest BCUT2D eigenvalue weighted by atomic mass is 10.1. The van der Waals surface area contributed by atoms with Gasteiger partial charge in [-0.05, 0) is 5.56 Å². The zero-order valence-electron chi connectivity index (χ0n) is 8.51. The van der Waals surface area contributed by atoms with Crippen molar-refractivity contribution in [3.63, 3.8) is 0 Å². The quantitative estimate of drug-likeness (QED) is 0.639. The predicted octanol–water partition coefficient (Wildman–Crippen LogP) is 0.869. The maximum Gasteiger partial charge on any atom is 0.165 e. The molecule has 0 aromatic heterocycles. The summed E-state index contributed by atoms with van der Waals surface area (Å²) in [6.45, 7) is 0. The third kappa shape index (κ3) is 3.33. The van der Waals surface area contributed by atoms with E-state index in [1.807, 2.05) is 0 Å². The van der Waals surface area contributed by atoms with Crippen LogP contribution in [0.25, 0.3) is 0 Å². The Labute approximate surface area is 101 Å². The van der Waals surface area contributed by atoms with Crippen LogP contribution >= 0.6 is 12.2 Å². The topological polar surface area (TPSA) is 60.2 Å². The van der Waals surface area contributed by atoms with Crippen molar-refractivity contribution in [3.05, 3.63) is 35.4 Å². The molecule has 0 saturated heterocycles. The molecule has 0 heterocycles. The molecule has 0 spiro atoms. The van der Waals surface area contributed by atoms with Gasteiger partial charge in [0, 0.05) is 5.56 Å². The number of thiocarbonyl (C=S) groups is 1. The maximum atomic E-state index is 11.5. The fraction of sp³-hybridized carbons (Fsp3) is 0.182. The van der Waals surface area contributed by atoms with Gasteiger partial charge in [0.15, 0.2) is 9.84 Å². The SMILES string of the molecule is C#CCS(=O)(=O)Cc1ccccc1C(N)=S. The molecule has 0 fully saturated rings. The van der Waals surface area contributed by atoms with Gasteiger partial charge in [-0.3, -0.25) is 0 Å². The summed E-state index contributed by atoms with van der Waals surface area (Å²) in [5.41, 5.74) is 6.67. The molecule has 0 atom stereocenters. The summed E-state index contributed by atoms with van der Waals surface area (Å²) in [6.07, 6.45) is 4.99. The van der Waals surface area contributed by atoms with Crippen LogP contribution in [0, 0.1) is 12.3 Å². The van der Waals surface area contributed by atoms with Gasteiger partial charge in [0.2, 0.25) is 0 Å². The summed E-state index contributed by atoms with van der Waals surface area (Å²) >= 11 is 4.85. The summed E-state index contributed by atoms with van der Waals surface area (Å²) in [5, 5.41) is 0. The lowest BCUT2D eigenvalue weighted by Gasteiger charge is -2.07. The molecule has 1 aromatic rings. The molecule has 1 aromatic carbocycles. The van der Waals surface area contributed by atoms with Crippen molar-refractivity contribution in [2.24, 2.45) is 5.73 Å². The highest BCUT2D eigenvalue weighted by Crippen LogP contribution is 2.12. The summed E-state index contributed by atoms with van der Waals surface area (Å²) < 4.78 is 23.1. The second kappa shape index (κ2) is 5.10. The fourth-order valence-corrected chi connectivity index (χ4v) is 2.58. The van der Waals surface area contributed by atoms with E-state index >= 15 is 0 Å². The normalized spacial score (nSPS) is 10.7. The van der Waals surface area contributed by atoms with E-state index in [2.05, 4.69) is 5.92 Å². The largest absolute Gasteiger partial charge is 0.389 e. The molecule has 0 aliphatic carbocycles. The van der Waals surface area contributed by atoms with E-state index in [0.717, 1.165) is 0 Å². The Bertz CT molecular complexity index is 541. The Hall–Kier alpha value is -1.38. The molecule has 3 nitrogen and oxygen atoms in total. The number of nitrogens with two attached hydrogens (primary N) is 1. The number of hydrogen-bond acceptors (Lipinski definition) is 3. The Morgan fingerprint density at radius 3 is 2.62 bits per heavy atom. The van der Waals surface area contributed by atoms with Crippen molar-refractivity contribution < 1.29 is 8.42 Å². The number of rotatable bonds is 4. The van der Waals surface area contributed by atoms with Crippen LogP contribution in [0.4, 0.5) is 0 Å². The van der Waals surface area contributed by atoms with Crippen molar-refractivity contribution in [2.75, 3.05) is 5.75 Å². The molecular weight excluding hydrogens is 242 g/mol. The second-order valence-corrected chi connectivity index (χ2v) is 5.76. The van der Waals surface area contributed by atoms with Crippen LogP contribution in [0.3, 0.4) is 0 Å². The predicted molar refractivity (Wildman–Crippen MR) is 68.7 cm³/mol. The van der Waals surface area contributed by atoms with E-state index in [9.17, 15) is 8.42 Å². The van der Waals surface area contributed by atoms with Gasteiger partial charge in [-0.15, -0.1) is 6.42 Å². The molecule has 0 saturated carbocycles. The van der Waals surface area contributed by atoms with Crippen molar-refractivity contribution in [3.8, 4) is 12.3 Å². The zero-order valence-corrected chi connectivity index (χ0v) is 10.1. The van der Waals surface area contributed by atoms with Gasteiger partial charge in [0.1, 0.15) is 10.7 Å². The lowest BCUT2D eigenvalue weighted by Crippen LogP contribution is -2.15. The first-order valence-electron chi connectivity index (χ1n) is 4.48. The van der Waals surface area contributed by atoms with E-state index < -0.39 is 9.84 Å². The Balaban J connectivity index is 3.08. The van der Waals surface area contributed by atoms with Crippen LogP contribution in [0.1, 0.15) is 11.1 Å². The number of benzene rings is 1. The number of sulfone groups is 1. The molecule has 2 N–H and O–H groups in total. The Morgan fingerprint density at radius 2 is 2.06 bits per heavy atom. The van der Waals surface area contributed by atoms with Crippen molar-refractivity contribution in [1.82, 2.24) is 0 Å². The highest BCUT2D eigenvalue weighted by Gasteiger charge is 2.13. The standard InChI is InChI=1S/C11H11NO2S2/c1-2-7-16(13,14)8-9-5-3-4-6-10(9)11(12)15/h1,3-6H,7-8H2,(H2,12,15). The minimum absolute atomic E-state index is 0.134. The van der Waals surface area contributed by atoms with E-state index in [-0.39, 0.29) is 16.5 Å². The zero-order chi connectivity index (χ0) is 12.2. The molecule has 16 heavy (non-hydrogen) atoms. The van der Waals surface area contributed by atoms with Gasteiger partial charge >= 0.3 is 0 Å². The number of terminal acetylenes is 1. The van der Waals surface area contributed by atoms with Gasteiger partial charge in [0.05, 0.1) is 5.75 Å². The molecule has 5 heteroatoms. The van der Waals surface area contributed by atoms with E-state index in [0.29, 0.717) is 11.1 Å². The van der Waals surface area contributed by atoms with Crippen LogP contribution in [-0.2, 0) is 15.6 Å². The second-order valence-electron chi connectivity index (χ2n) is 3.26. The van der Waals surface area contributed by atoms with E-state index in [1.54, 1.807) is 24.3 Å². The minimum Gasteiger partial charge on any atom is -0.389 e. The molecule has 0 amide bonds. The van der Waals surface area contributed by atoms with Gasteiger partial charge < -0.3 is 5.73 Å². The molecule has 0 unspecified atom stereocenters. The Morgan fingerprint density at radius 1 is 1.44 bits per heavy atom. The van der Waals surface area contributed by atoms with Gasteiger partial charge in [-0.25, -0.2) is 8.42 Å². The smallest absolute Gasteiger partial charge is 0.165 e. The maximum absolute atomic E-state index is 11.5. The van der Waals surface area contributed by atoms with Crippen LogP contribution in [0.15, 0.2) is 24.3 Å². The number of hydrogen-bond donors (Lipinski definition) is 1. The molecule has 0 radical (unpaired) electrons. The van der Waals surface area contributed by atoms with Gasteiger partial charge in [-0.2, -0.15) is 0 Å². The van der Waals surface area contributed by atoms with Crippen LogP contribution in [0.2, 0.25) is 0 Å². The first-order chi connectivity index (χ1) is 7.46. The first-order valence-corrected chi connectivity index (χ1v) is 6.71. The molecule has 84 valence electrons. The van der Waals surface area contributed by atoms with Crippen molar-refractivity contribution in [2.45, 2.75) is 5.75 Å². The molecular formula is C11H11NO2S2. The molecule has 1 rings (SSSR count). The summed E-state index contributed by atoms with van der Waals surface area (Å²) in [7, 11) is -3.29. The van der Waals surface area contributed by atoms with Gasteiger partial charge in [-0.1, -0.05) is 42.4 Å². The first kappa shape index (κ1) is 12.7. The monoisotopic (exact) mass is 253 g/mol. The summed E-state index contributed by atoms with van der Waals surface area (Å²) in [4.78, 5) is 0.187. The molecule has 0 bridgehead atoms. The third-order valence-corrected chi connectivity index (χ3v) is 3.54. The lowest BCUT2D eigenvalue weighted by molar-refractivity contribution is 0.598. The van der Waals surface area contributed by atoms with Crippen molar-refractivity contribution in [1.29, 1.82) is 0 Å². The highest BCUT2D eigenvalue weighted by atomic mass is 32.2. The average Bonchev–Trinajstić information content (AvgIpc) is 2.17. The molecule has 0 aliphatic rings. The van der Waals surface area contributed by atoms with Crippen LogP contribution in [-0.4, -0.2) is 19.2 Å². The third-order valence-electron chi connectivity index (χ3n) is 1.96. The van der Waals surface area contributed by atoms with Gasteiger partial charge in [0.25, 0.3) is 0 Å². The minimum atomic E-state index is -3.29. The van der Waals surface area contributed by atoms with Crippen LogP contribution in [0.5, 0.6) is 0 Å². The van der Waals surface area contributed by atoms with Crippen molar-refractivity contribution >= 4 is 27.0 Å².